The van der Waals surface area contributed by atoms with Gasteiger partial charge in [0.25, 0.3) is 0 Å². The predicted molar refractivity (Wildman–Crippen MR) is 54.1 cm³/mol. The van der Waals surface area contributed by atoms with E-state index in [2.05, 4.69) is 19.7 Å². The second-order valence-corrected chi connectivity index (χ2v) is 4.41. The molecule has 1 saturated carbocycles. The number of nitrogens with zero attached hydrogens (tertiary/aromatic N) is 4. The molecule has 14 heavy (non-hydrogen) atoms. The summed E-state index contributed by atoms with van der Waals surface area (Å²) in [5.41, 5.74) is 2.90. The van der Waals surface area contributed by atoms with Crippen LogP contribution < -0.4 is 0 Å². The topological polar surface area (TPSA) is 43.6 Å². The molecule has 0 aliphatic heterocycles. The maximum Gasteiger partial charge on any atom is 0.176 e. The first kappa shape index (κ1) is 8.11. The first-order valence-electron chi connectivity index (χ1n) is 4.66. The van der Waals surface area contributed by atoms with Crippen LogP contribution in [0.3, 0.4) is 0 Å². The Morgan fingerprint density at radius 2 is 2.36 bits per heavy atom. The monoisotopic (exact) mass is 206 g/mol. The average Bonchev–Trinajstić information content (AvgIpc) is 2.75. The third-order valence-corrected chi connectivity index (χ3v) is 3.39. The van der Waals surface area contributed by atoms with Gasteiger partial charge in [-0.3, -0.25) is 0 Å². The quantitative estimate of drug-likeness (QED) is 0.755. The van der Waals surface area contributed by atoms with E-state index in [4.69, 9.17) is 0 Å². The van der Waals surface area contributed by atoms with Gasteiger partial charge in [0.2, 0.25) is 0 Å². The molecule has 1 aliphatic rings. The lowest BCUT2D eigenvalue weighted by atomic mass is 10.4. The Kier molecular flexibility index (Phi) is 1.67. The van der Waals surface area contributed by atoms with Gasteiger partial charge in [-0.15, -0.1) is 21.5 Å². The molecule has 2 heterocycles. The van der Waals surface area contributed by atoms with Crippen molar-refractivity contribution in [1.82, 2.24) is 19.7 Å². The molecule has 0 aromatic carbocycles. The van der Waals surface area contributed by atoms with Crippen molar-refractivity contribution < 1.29 is 0 Å². The minimum Gasteiger partial charge on any atom is -0.310 e. The van der Waals surface area contributed by atoms with Gasteiger partial charge in [-0.05, 0) is 19.8 Å². The highest BCUT2D eigenvalue weighted by Gasteiger charge is 2.27. The molecule has 4 nitrogen and oxygen atoms in total. The van der Waals surface area contributed by atoms with E-state index in [1.807, 2.05) is 18.8 Å². The summed E-state index contributed by atoms with van der Waals surface area (Å²) in [5, 5.41) is 8.14. The molecule has 3 rings (SSSR count). The lowest BCUT2D eigenvalue weighted by Crippen LogP contribution is -1.95. The minimum absolute atomic E-state index is 0.626. The maximum absolute atomic E-state index is 4.23. The van der Waals surface area contributed by atoms with E-state index in [1.165, 1.54) is 12.8 Å². The Hall–Kier alpha value is -1.23. The Morgan fingerprint density at radius 3 is 3.00 bits per heavy atom. The molecule has 0 bridgehead atoms. The van der Waals surface area contributed by atoms with Crippen molar-refractivity contribution in [2.24, 2.45) is 0 Å². The number of hydrogen-bond donors (Lipinski definition) is 0. The molecule has 0 amide bonds. The highest BCUT2D eigenvalue weighted by Crippen LogP contribution is 2.38. The average molecular weight is 206 g/mol. The second-order valence-electron chi connectivity index (χ2n) is 3.56. The zero-order valence-corrected chi connectivity index (χ0v) is 8.66. The summed E-state index contributed by atoms with van der Waals surface area (Å²) in [6, 6.07) is 0.626. The summed E-state index contributed by atoms with van der Waals surface area (Å²) in [6.45, 7) is 2.01. The van der Waals surface area contributed by atoms with E-state index in [0.717, 1.165) is 16.4 Å². The van der Waals surface area contributed by atoms with Crippen LogP contribution in [-0.2, 0) is 0 Å². The van der Waals surface area contributed by atoms with Gasteiger partial charge < -0.3 is 4.57 Å². The Labute approximate surface area is 85.6 Å². The van der Waals surface area contributed by atoms with Crippen LogP contribution >= 0.6 is 11.3 Å². The lowest BCUT2D eigenvalue weighted by Gasteiger charge is -2.01. The molecular weight excluding hydrogens is 196 g/mol. The van der Waals surface area contributed by atoms with Gasteiger partial charge >= 0.3 is 0 Å². The van der Waals surface area contributed by atoms with E-state index in [1.54, 1.807) is 11.3 Å². The zero-order chi connectivity index (χ0) is 9.54. The largest absolute Gasteiger partial charge is 0.310 e. The van der Waals surface area contributed by atoms with Crippen LogP contribution in [0.4, 0.5) is 0 Å². The standard InChI is InChI=1S/C9H10N4S/c1-6-8(14-5-10-6)9-12-11-4-13(9)7-2-3-7/h4-5,7H,2-3H2,1H3. The van der Waals surface area contributed by atoms with Crippen LogP contribution in [0.25, 0.3) is 10.7 Å². The maximum atomic E-state index is 4.23. The van der Waals surface area contributed by atoms with Crippen LogP contribution in [0.5, 0.6) is 0 Å². The summed E-state index contributed by atoms with van der Waals surface area (Å²) >= 11 is 1.63. The molecule has 5 heteroatoms. The first-order valence-corrected chi connectivity index (χ1v) is 5.54. The number of aryl methyl sites for hydroxylation is 1. The number of aromatic nitrogens is 4. The van der Waals surface area contributed by atoms with E-state index >= 15 is 0 Å². The van der Waals surface area contributed by atoms with Crippen molar-refractivity contribution in [2.45, 2.75) is 25.8 Å². The Morgan fingerprint density at radius 1 is 1.50 bits per heavy atom. The zero-order valence-electron chi connectivity index (χ0n) is 7.84. The molecule has 2 aromatic heterocycles. The fourth-order valence-electron chi connectivity index (χ4n) is 1.54. The Bertz CT molecular complexity index is 455. The molecule has 0 N–H and O–H groups in total. The molecule has 0 atom stereocenters. The van der Waals surface area contributed by atoms with Crippen molar-refractivity contribution >= 4 is 11.3 Å². The summed E-state index contributed by atoms with van der Waals surface area (Å²) in [7, 11) is 0. The molecule has 0 saturated heterocycles. The molecule has 1 fully saturated rings. The van der Waals surface area contributed by atoms with Crippen molar-refractivity contribution in [1.29, 1.82) is 0 Å². The predicted octanol–water partition coefficient (Wildman–Crippen LogP) is 2.04. The SMILES string of the molecule is Cc1ncsc1-c1nncn1C1CC1. The molecule has 1 aliphatic carbocycles. The van der Waals surface area contributed by atoms with E-state index in [9.17, 15) is 0 Å². The van der Waals surface area contributed by atoms with Gasteiger partial charge in [-0.1, -0.05) is 0 Å². The van der Waals surface area contributed by atoms with Gasteiger partial charge in [-0.25, -0.2) is 4.98 Å². The smallest absolute Gasteiger partial charge is 0.176 e. The second kappa shape index (κ2) is 2.88. The minimum atomic E-state index is 0.626. The molecule has 72 valence electrons. The van der Waals surface area contributed by atoms with Gasteiger partial charge in [-0.2, -0.15) is 0 Å². The summed E-state index contributed by atoms with van der Waals surface area (Å²) in [5.74, 6) is 0.979. The number of rotatable bonds is 2. The summed E-state index contributed by atoms with van der Waals surface area (Å²) in [4.78, 5) is 5.38. The van der Waals surface area contributed by atoms with E-state index < -0.39 is 0 Å². The molecular formula is C9H10N4S. The van der Waals surface area contributed by atoms with Gasteiger partial charge in [0.1, 0.15) is 6.33 Å². The van der Waals surface area contributed by atoms with Gasteiger partial charge in [0.15, 0.2) is 5.82 Å². The lowest BCUT2D eigenvalue weighted by molar-refractivity contribution is 0.746. The first-order chi connectivity index (χ1) is 6.86. The van der Waals surface area contributed by atoms with Crippen LogP contribution in [-0.4, -0.2) is 19.7 Å². The Balaban J connectivity index is 2.11. The van der Waals surface area contributed by atoms with E-state index in [0.29, 0.717) is 6.04 Å². The molecule has 0 spiro atoms. The van der Waals surface area contributed by atoms with Gasteiger partial charge in [0, 0.05) is 6.04 Å². The van der Waals surface area contributed by atoms with E-state index in [-0.39, 0.29) is 0 Å². The molecule has 2 aromatic rings. The van der Waals surface area contributed by atoms with Crippen LogP contribution in [0.15, 0.2) is 11.8 Å². The van der Waals surface area contributed by atoms with Crippen molar-refractivity contribution in [3.05, 3.63) is 17.5 Å². The normalized spacial score (nSPS) is 16.1. The third kappa shape index (κ3) is 1.16. The molecule has 0 radical (unpaired) electrons. The van der Waals surface area contributed by atoms with Crippen molar-refractivity contribution in [3.63, 3.8) is 0 Å². The van der Waals surface area contributed by atoms with Gasteiger partial charge in [0.05, 0.1) is 16.1 Å². The van der Waals surface area contributed by atoms with Crippen LogP contribution in [0, 0.1) is 6.92 Å². The fourth-order valence-corrected chi connectivity index (χ4v) is 2.33. The highest BCUT2D eigenvalue weighted by molar-refractivity contribution is 7.13. The van der Waals surface area contributed by atoms with Crippen LogP contribution in [0.2, 0.25) is 0 Å². The third-order valence-electron chi connectivity index (χ3n) is 2.46. The highest BCUT2D eigenvalue weighted by atomic mass is 32.1. The number of thiazole rings is 1. The number of hydrogen-bond acceptors (Lipinski definition) is 4. The van der Waals surface area contributed by atoms with Crippen LogP contribution in [0.1, 0.15) is 24.6 Å². The van der Waals surface area contributed by atoms with Crippen molar-refractivity contribution in [3.8, 4) is 10.7 Å². The fraction of sp³-hybridized carbons (Fsp3) is 0.444. The summed E-state index contributed by atoms with van der Waals surface area (Å²) < 4.78 is 2.17. The van der Waals surface area contributed by atoms with Crippen molar-refractivity contribution in [2.75, 3.05) is 0 Å². The summed E-state index contributed by atoms with van der Waals surface area (Å²) in [6.07, 6.45) is 4.33. The molecule has 0 unspecified atom stereocenters.